The van der Waals surface area contributed by atoms with E-state index < -0.39 is 0 Å². The van der Waals surface area contributed by atoms with Crippen molar-refractivity contribution in [2.45, 2.75) is 51.2 Å². The van der Waals surface area contributed by atoms with E-state index in [1.807, 2.05) is 6.92 Å². The minimum absolute atomic E-state index is 0.162. The van der Waals surface area contributed by atoms with Crippen molar-refractivity contribution in [2.75, 3.05) is 0 Å². The minimum atomic E-state index is -0.162. The molecule has 3 N–H and O–H groups in total. The fourth-order valence-corrected chi connectivity index (χ4v) is 1.97. The van der Waals surface area contributed by atoms with Crippen molar-refractivity contribution in [3.05, 3.63) is 0 Å². The summed E-state index contributed by atoms with van der Waals surface area (Å²) in [6.07, 6.45) is 5.39. The molecule has 0 amide bonds. The van der Waals surface area contributed by atoms with Crippen LogP contribution in [0.2, 0.25) is 0 Å². The van der Waals surface area contributed by atoms with Gasteiger partial charge in [0.2, 0.25) is 0 Å². The first kappa shape index (κ1) is 9.01. The van der Waals surface area contributed by atoms with E-state index in [4.69, 9.17) is 5.73 Å². The lowest BCUT2D eigenvalue weighted by atomic mass is 9.81. The molecule has 1 rings (SSSR count). The molecule has 0 aliphatic heterocycles. The Labute approximate surface area is 68.8 Å². The lowest BCUT2D eigenvalue weighted by Gasteiger charge is -2.31. The molecule has 1 fully saturated rings. The first-order chi connectivity index (χ1) is 5.25. The van der Waals surface area contributed by atoms with E-state index in [0.29, 0.717) is 5.92 Å². The van der Waals surface area contributed by atoms with E-state index >= 15 is 0 Å². The van der Waals surface area contributed by atoms with E-state index in [-0.39, 0.29) is 12.1 Å². The van der Waals surface area contributed by atoms with Gasteiger partial charge in [0.1, 0.15) is 0 Å². The third kappa shape index (κ3) is 2.17. The summed E-state index contributed by atoms with van der Waals surface area (Å²) < 4.78 is 0. The summed E-state index contributed by atoms with van der Waals surface area (Å²) in [7, 11) is 0. The Morgan fingerprint density at radius 3 is 2.64 bits per heavy atom. The van der Waals surface area contributed by atoms with Crippen LogP contribution in [0.25, 0.3) is 0 Å². The van der Waals surface area contributed by atoms with E-state index in [1.54, 1.807) is 0 Å². The number of aliphatic hydroxyl groups excluding tert-OH is 1. The second kappa shape index (κ2) is 4.07. The van der Waals surface area contributed by atoms with Gasteiger partial charge in [0.25, 0.3) is 0 Å². The summed E-state index contributed by atoms with van der Waals surface area (Å²) in [5, 5.41) is 9.57. The monoisotopic (exact) mass is 157 g/mol. The van der Waals surface area contributed by atoms with Gasteiger partial charge in [-0.05, 0) is 25.2 Å². The molecule has 11 heavy (non-hydrogen) atoms. The molecule has 0 aromatic heterocycles. The fraction of sp³-hybridized carbons (Fsp3) is 1.00. The van der Waals surface area contributed by atoms with Crippen LogP contribution in [-0.2, 0) is 0 Å². The highest BCUT2D eigenvalue weighted by atomic mass is 16.3. The summed E-state index contributed by atoms with van der Waals surface area (Å²) in [5.74, 6) is 0.369. The fourth-order valence-electron chi connectivity index (χ4n) is 1.97. The average molecular weight is 157 g/mol. The molecule has 3 unspecified atom stereocenters. The molecular weight excluding hydrogens is 138 g/mol. The maximum Gasteiger partial charge on any atom is 0.0580 e. The van der Waals surface area contributed by atoms with Gasteiger partial charge in [-0.1, -0.05) is 19.8 Å². The Morgan fingerprint density at radius 1 is 1.45 bits per heavy atom. The van der Waals surface area contributed by atoms with Crippen LogP contribution in [0.3, 0.4) is 0 Å². The third-order valence-corrected chi connectivity index (χ3v) is 2.79. The van der Waals surface area contributed by atoms with Gasteiger partial charge in [-0.15, -0.1) is 0 Å². The predicted molar refractivity (Wildman–Crippen MR) is 46.2 cm³/mol. The van der Waals surface area contributed by atoms with Crippen molar-refractivity contribution < 1.29 is 5.11 Å². The molecule has 0 aromatic rings. The van der Waals surface area contributed by atoms with Crippen molar-refractivity contribution in [1.82, 2.24) is 0 Å². The largest absolute Gasteiger partial charge is 0.393 e. The summed E-state index contributed by atoms with van der Waals surface area (Å²) in [6.45, 7) is 2.02. The number of aliphatic hydroxyl groups is 1. The summed E-state index contributed by atoms with van der Waals surface area (Å²) >= 11 is 0. The quantitative estimate of drug-likeness (QED) is 0.634. The zero-order valence-corrected chi connectivity index (χ0v) is 7.29. The molecule has 1 aliphatic carbocycles. The SMILES string of the molecule is CCC(O)C1CCCCC1N. The van der Waals surface area contributed by atoms with Crippen LogP contribution in [0.4, 0.5) is 0 Å². The van der Waals surface area contributed by atoms with Crippen LogP contribution in [0.5, 0.6) is 0 Å². The van der Waals surface area contributed by atoms with Gasteiger partial charge in [-0.3, -0.25) is 0 Å². The van der Waals surface area contributed by atoms with Crippen molar-refractivity contribution in [2.24, 2.45) is 11.7 Å². The molecule has 0 saturated heterocycles. The molecule has 0 aromatic carbocycles. The zero-order chi connectivity index (χ0) is 8.27. The third-order valence-electron chi connectivity index (χ3n) is 2.79. The summed E-state index contributed by atoms with van der Waals surface area (Å²) in [6, 6.07) is 0.249. The van der Waals surface area contributed by atoms with Gasteiger partial charge in [-0.25, -0.2) is 0 Å². The lowest BCUT2D eigenvalue weighted by Crippen LogP contribution is -2.39. The lowest BCUT2D eigenvalue weighted by molar-refractivity contribution is 0.0695. The predicted octanol–water partition coefficient (Wildman–Crippen LogP) is 1.27. The van der Waals surface area contributed by atoms with Gasteiger partial charge in [-0.2, -0.15) is 0 Å². The van der Waals surface area contributed by atoms with Crippen LogP contribution in [0, 0.1) is 5.92 Å². The molecule has 3 atom stereocenters. The molecular formula is C9H19NO. The van der Waals surface area contributed by atoms with Crippen LogP contribution in [0.1, 0.15) is 39.0 Å². The Morgan fingerprint density at radius 2 is 2.09 bits per heavy atom. The first-order valence-electron chi connectivity index (χ1n) is 4.69. The smallest absolute Gasteiger partial charge is 0.0580 e. The van der Waals surface area contributed by atoms with Crippen LogP contribution in [0.15, 0.2) is 0 Å². The molecule has 0 radical (unpaired) electrons. The maximum absolute atomic E-state index is 9.57. The zero-order valence-electron chi connectivity index (χ0n) is 7.29. The number of hydrogen-bond acceptors (Lipinski definition) is 2. The Balaban J connectivity index is 2.40. The second-order valence-corrected chi connectivity index (χ2v) is 3.59. The highest BCUT2D eigenvalue weighted by Crippen LogP contribution is 2.26. The molecule has 66 valence electrons. The topological polar surface area (TPSA) is 46.2 Å². The maximum atomic E-state index is 9.57. The minimum Gasteiger partial charge on any atom is -0.393 e. The summed E-state index contributed by atoms with van der Waals surface area (Å²) in [5.41, 5.74) is 5.90. The van der Waals surface area contributed by atoms with E-state index in [2.05, 4.69) is 0 Å². The van der Waals surface area contributed by atoms with Crippen molar-refractivity contribution in [1.29, 1.82) is 0 Å². The van der Waals surface area contributed by atoms with Gasteiger partial charge in [0, 0.05) is 6.04 Å². The van der Waals surface area contributed by atoms with Crippen molar-refractivity contribution >= 4 is 0 Å². The van der Waals surface area contributed by atoms with Crippen LogP contribution in [-0.4, -0.2) is 17.3 Å². The van der Waals surface area contributed by atoms with E-state index in [1.165, 1.54) is 12.8 Å². The second-order valence-electron chi connectivity index (χ2n) is 3.59. The highest BCUT2D eigenvalue weighted by molar-refractivity contribution is 4.82. The number of rotatable bonds is 2. The molecule has 0 heterocycles. The molecule has 1 aliphatic rings. The Kier molecular flexibility index (Phi) is 3.34. The molecule has 0 spiro atoms. The van der Waals surface area contributed by atoms with Crippen LogP contribution >= 0.6 is 0 Å². The van der Waals surface area contributed by atoms with Gasteiger partial charge >= 0.3 is 0 Å². The Hall–Kier alpha value is -0.0800. The normalized spacial score (nSPS) is 35.2. The van der Waals surface area contributed by atoms with Crippen molar-refractivity contribution in [3.63, 3.8) is 0 Å². The molecule has 1 saturated carbocycles. The van der Waals surface area contributed by atoms with Gasteiger partial charge in [0.15, 0.2) is 0 Å². The number of hydrogen-bond donors (Lipinski definition) is 2. The standard InChI is InChI=1S/C9H19NO/c1-2-9(11)7-5-3-4-6-8(7)10/h7-9,11H,2-6,10H2,1H3. The molecule has 2 heteroatoms. The number of nitrogens with two attached hydrogens (primary N) is 1. The Bertz CT molecular complexity index is 112. The van der Waals surface area contributed by atoms with Crippen molar-refractivity contribution in [3.8, 4) is 0 Å². The summed E-state index contributed by atoms with van der Waals surface area (Å²) in [4.78, 5) is 0. The van der Waals surface area contributed by atoms with Gasteiger partial charge < -0.3 is 10.8 Å². The molecule has 0 bridgehead atoms. The van der Waals surface area contributed by atoms with E-state index in [0.717, 1.165) is 19.3 Å². The van der Waals surface area contributed by atoms with E-state index in [9.17, 15) is 5.11 Å². The molecule has 2 nitrogen and oxygen atoms in total. The van der Waals surface area contributed by atoms with Gasteiger partial charge in [0.05, 0.1) is 6.10 Å². The first-order valence-corrected chi connectivity index (χ1v) is 4.69. The van der Waals surface area contributed by atoms with Crippen LogP contribution < -0.4 is 5.73 Å². The highest BCUT2D eigenvalue weighted by Gasteiger charge is 2.26. The average Bonchev–Trinajstić information content (AvgIpc) is 2.04.